The highest BCUT2D eigenvalue weighted by Gasteiger charge is 2.64. The molecule has 0 aliphatic heterocycles. The first-order chi connectivity index (χ1) is 12.1. The lowest BCUT2D eigenvalue weighted by Crippen LogP contribution is -2.57. The summed E-state index contributed by atoms with van der Waals surface area (Å²) in [4.78, 5) is 24.4. The predicted octanol–water partition coefficient (Wildman–Crippen LogP) is 3.96. The summed E-state index contributed by atoms with van der Waals surface area (Å²) in [5.74, 6) is 2.18. The molecular formula is C23H32O3. The molecule has 0 aromatic carbocycles. The molecule has 4 aliphatic rings. The van der Waals surface area contributed by atoms with Crippen LogP contribution in [0.3, 0.4) is 0 Å². The SMILES string of the molecule is CC(=O)[C@H]1C(C)C[C@H]2[C@@H]3CC(C)C4=CC(=O)C=C[C@]4(C)[C@H]3C(O)C[C@]12C. The predicted molar refractivity (Wildman–Crippen MR) is 101 cm³/mol. The van der Waals surface area contributed by atoms with E-state index in [1.54, 1.807) is 13.0 Å². The molecule has 4 rings (SSSR count). The molecule has 0 spiro atoms. The summed E-state index contributed by atoms with van der Waals surface area (Å²) < 4.78 is 0. The van der Waals surface area contributed by atoms with Crippen molar-refractivity contribution in [2.75, 3.05) is 0 Å². The Morgan fingerprint density at radius 1 is 1.23 bits per heavy atom. The Balaban J connectivity index is 1.79. The van der Waals surface area contributed by atoms with E-state index in [4.69, 9.17) is 0 Å². The molecule has 0 radical (unpaired) electrons. The van der Waals surface area contributed by atoms with E-state index >= 15 is 0 Å². The number of hydrogen-bond acceptors (Lipinski definition) is 3. The van der Waals surface area contributed by atoms with Crippen molar-refractivity contribution in [2.24, 2.45) is 46.3 Å². The van der Waals surface area contributed by atoms with Crippen LogP contribution in [0.5, 0.6) is 0 Å². The number of Topliss-reactive ketones (excluding diaryl/α,β-unsaturated/α-hetero) is 1. The number of carbonyl (C=O) groups excluding carboxylic acids is 2. The van der Waals surface area contributed by atoms with Crippen LogP contribution in [0.25, 0.3) is 0 Å². The third kappa shape index (κ3) is 2.22. The Kier molecular flexibility index (Phi) is 3.94. The van der Waals surface area contributed by atoms with Crippen molar-refractivity contribution in [3.63, 3.8) is 0 Å². The van der Waals surface area contributed by atoms with E-state index in [-0.39, 0.29) is 34.2 Å². The van der Waals surface area contributed by atoms with Gasteiger partial charge in [0.2, 0.25) is 0 Å². The minimum absolute atomic E-state index is 0.0617. The van der Waals surface area contributed by atoms with Gasteiger partial charge in [-0.25, -0.2) is 0 Å². The summed E-state index contributed by atoms with van der Waals surface area (Å²) in [5, 5.41) is 11.3. The van der Waals surface area contributed by atoms with Gasteiger partial charge >= 0.3 is 0 Å². The Bertz CT molecular complexity index is 719. The van der Waals surface area contributed by atoms with Gasteiger partial charge in [-0.1, -0.05) is 39.3 Å². The van der Waals surface area contributed by atoms with Crippen molar-refractivity contribution in [1.29, 1.82) is 0 Å². The number of ketones is 2. The fourth-order valence-corrected chi connectivity index (χ4v) is 7.98. The second-order valence-electron chi connectivity index (χ2n) is 10.1. The van der Waals surface area contributed by atoms with E-state index in [0.717, 1.165) is 12.8 Å². The van der Waals surface area contributed by atoms with Gasteiger partial charge in [0.1, 0.15) is 5.78 Å². The van der Waals surface area contributed by atoms with E-state index in [1.165, 1.54) is 5.57 Å². The zero-order valence-corrected chi connectivity index (χ0v) is 16.7. The van der Waals surface area contributed by atoms with Crippen LogP contribution in [-0.2, 0) is 9.59 Å². The van der Waals surface area contributed by atoms with Gasteiger partial charge < -0.3 is 5.11 Å². The summed E-state index contributed by atoms with van der Waals surface area (Å²) in [7, 11) is 0. The van der Waals surface area contributed by atoms with E-state index in [2.05, 4.69) is 33.8 Å². The smallest absolute Gasteiger partial charge is 0.178 e. The Morgan fingerprint density at radius 2 is 1.92 bits per heavy atom. The molecule has 3 saturated carbocycles. The standard InChI is InChI=1S/C23H32O3/c1-12-8-16-18-9-13(2)20(14(3)24)23(18,5)11-19(26)21(16)22(4)7-6-15(25)10-17(12)22/h6-7,10,12-13,16,18-21,26H,8-9,11H2,1-5H3/t12?,13?,16-,18-,19?,20+,21+,22-,23-/m0/s1. The van der Waals surface area contributed by atoms with Crippen molar-refractivity contribution in [1.82, 2.24) is 0 Å². The first-order valence-electron chi connectivity index (χ1n) is 10.2. The Hall–Kier alpha value is -1.22. The van der Waals surface area contributed by atoms with Crippen LogP contribution in [-0.4, -0.2) is 22.8 Å². The first kappa shape index (κ1) is 18.2. The molecule has 3 heteroatoms. The molecule has 142 valence electrons. The zero-order chi connectivity index (χ0) is 19.0. The highest BCUT2D eigenvalue weighted by atomic mass is 16.3. The molecule has 3 unspecified atom stereocenters. The molecule has 0 heterocycles. The zero-order valence-electron chi connectivity index (χ0n) is 16.7. The van der Waals surface area contributed by atoms with E-state index in [1.807, 2.05) is 6.08 Å². The molecule has 3 nitrogen and oxygen atoms in total. The Morgan fingerprint density at radius 3 is 2.58 bits per heavy atom. The summed E-state index contributed by atoms with van der Waals surface area (Å²) in [6.45, 7) is 10.6. The second-order valence-corrected chi connectivity index (χ2v) is 10.1. The molecule has 9 atom stereocenters. The van der Waals surface area contributed by atoms with Crippen molar-refractivity contribution < 1.29 is 14.7 Å². The number of allylic oxidation sites excluding steroid dienone is 4. The number of aliphatic hydroxyl groups excluding tert-OH is 1. The van der Waals surface area contributed by atoms with Crippen LogP contribution in [0.1, 0.15) is 53.9 Å². The average molecular weight is 357 g/mol. The maximum atomic E-state index is 12.4. The van der Waals surface area contributed by atoms with Gasteiger partial charge in [0.15, 0.2) is 5.78 Å². The molecule has 0 aromatic rings. The molecule has 0 amide bonds. The Labute approximate surface area is 156 Å². The minimum Gasteiger partial charge on any atom is -0.393 e. The number of fused-ring (bicyclic) bond motifs is 5. The second kappa shape index (κ2) is 5.64. The van der Waals surface area contributed by atoms with Gasteiger partial charge in [-0.2, -0.15) is 0 Å². The van der Waals surface area contributed by atoms with E-state index in [9.17, 15) is 14.7 Å². The number of aliphatic hydroxyl groups is 1. The van der Waals surface area contributed by atoms with Gasteiger partial charge in [-0.15, -0.1) is 0 Å². The third-order valence-corrected chi connectivity index (χ3v) is 8.59. The van der Waals surface area contributed by atoms with E-state index < -0.39 is 6.10 Å². The molecule has 0 aromatic heterocycles. The van der Waals surface area contributed by atoms with Crippen molar-refractivity contribution in [3.05, 3.63) is 23.8 Å². The normalized spacial score (nSPS) is 52.8. The first-order valence-corrected chi connectivity index (χ1v) is 10.2. The van der Waals surface area contributed by atoms with Gasteiger partial charge in [0, 0.05) is 17.3 Å². The van der Waals surface area contributed by atoms with Crippen molar-refractivity contribution in [3.8, 4) is 0 Å². The van der Waals surface area contributed by atoms with Crippen LogP contribution in [0.2, 0.25) is 0 Å². The van der Waals surface area contributed by atoms with Crippen LogP contribution in [0, 0.1) is 46.3 Å². The summed E-state index contributed by atoms with van der Waals surface area (Å²) in [6.07, 6.45) is 7.94. The fourth-order valence-electron chi connectivity index (χ4n) is 7.98. The topological polar surface area (TPSA) is 54.4 Å². The molecule has 0 saturated heterocycles. The molecule has 3 fully saturated rings. The van der Waals surface area contributed by atoms with E-state index in [0.29, 0.717) is 30.1 Å². The minimum atomic E-state index is -0.424. The molecule has 4 aliphatic carbocycles. The van der Waals surface area contributed by atoms with Crippen LogP contribution in [0.4, 0.5) is 0 Å². The van der Waals surface area contributed by atoms with Crippen molar-refractivity contribution >= 4 is 11.6 Å². The molecule has 26 heavy (non-hydrogen) atoms. The lowest BCUT2D eigenvalue weighted by Gasteiger charge is -2.60. The van der Waals surface area contributed by atoms with Crippen molar-refractivity contribution in [2.45, 2.75) is 60.0 Å². The van der Waals surface area contributed by atoms with Crippen LogP contribution >= 0.6 is 0 Å². The third-order valence-electron chi connectivity index (χ3n) is 8.59. The highest BCUT2D eigenvalue weighted by molar-refractivity contribution is 6.01. The quantitative estimate of drug-likeness (QED) is 0.774. The highest BCUT2D eigenvalue weighted by Crippen LogP contribution is 2.67. The summed E-state index contributed by atoms with van der Waals surface area (Å²) >= 11 is 0. The maximum absolute atomic E-state index is 12.4. The fraction of sp³-hybridized carbons (Fsp3) is 0.739. The van der Waals surface area contributed by atoms with Gasteiger partial charge in [0.05, 0.1) is 6.10 Å². The molecule has 0 bridgehead atoms. The van der Waals surface area contributed by atoms with Crippen LogP contribution < -0.4 is 0 Å². The molecule has 1 N–H and O–H groups in total. The van der Waals surface area contributed by atoms with Gasteiger partial charge in [-0.3, -0.25) is 9.59 Å². The lowest BCUT2D eigenvalue weighted by molar-refractivity contribution is -0.140. The maximum Gasteiger partial charge on any atom is 0.178 e. The average Bonchev–Trinajstić information content (AvgIpc) is 2.79. The molecular weight excluding hydrogens is 324 g/mol. The number of rotatable bonds is 1. The number of hydrogen-bond donors (Lipinski definition) is 1. The summed E-state index contributed by atoms with van der Waals surface area (Å²) in [5.41, 5.74) is 0.856. The monoisotopic (exact) mass is 356 g/mol. The summed E-state index contributed by atoms with van der Waals surface area (Å²) in [6, 6.07) is 0. The number of carbonyl (C=O) groups is 2. The van der Waals surface area contributed by atoms with Gasteiger partial charge in [-0.05, 0) is 67.4 Å². The van der Waals surface area contributed by atoms with Gasteiger partial charge in [0.25, 0.3) is 0 Å². The lowest BCUT2D eigenvalue weighted by atomic mass is 9.45. The largest absolute Gasteiger partial charge is 0.393 e. The van der Waals surface area contributed by atoms with Crippen LogP contribution in [0.15, 0.2) is 23.8 Å².